The molecule has 0 aromatic carbocycles. The summed E-state index contributed by atoms with van der Waals surface area (Å²) in [6.07, 6.45) is -1.17. The standard InChI is InChI=1S/C7H12N2O4/c1-8-2-3-9(7(12)13)5(4-8)6(10)11/h5H,2-4H2,1H3,(H,10,11)(H,12,13)/t5-/m1/s1. The van der Waals surface area contributed by atoms with Crippen LogP contribution in [-0.2, 0) is 4.79 Å². The Hall–Kier alpha value is -1.30. The second kappa shape index (κ2) is 3.61. The third-order valence-electron chi connectivity index (χ3n) is 2.11. The third-order valence-corrected chi connectivity index (χ3v) is 2.11. The van der Waals surface area contributed by atoms with Gasteiger partial charge in [0.05, 0.1) is 0 Å². The summed E-state index contributed by atoms with van der Waals surface area (Å²) in [4.78, 5) is 24.1. The van der Waals surface area contributed by atoms with Gasteiger partial charge in [-0.3, -0.25) is 4.90 Å². The molecule has 74 valence electrons. The SMILES string of the molecule is CN1CCN(C(=O)O)[C@@H](C(=O)O)C1. The second-order valence-electron chi connectivity index (χ2n) is 3.09. The highest BCUT2D eigenvalue weighted by Crippen LogP contribution is 2.08. The monoisotopic (exact) mass is 188 g/mol. The lowest BCUT2D eigenvalue weighted by molar-refractivity contribution is -0.144. The maximum absolute atomic E-state index is 10.7. The van der Waals surface area contributed by atoms with E-state index in [2.05, 4.69) is 0 Å². The van der Waals surface area contributed by atoms with E-state index in [0.717, 1.165) is 4.90 Å². The van der Waals surface area contributed by atoms with Crippen LogP contribution in [0.4, 0.5) is 4.79 Å². The van der Waals surface area contributed by atoms with E-state index in [1.165, 1.54) is 0 Å². The van der Waals surface area contributed by atoms with Gasteiger partial charge in [0.1, 0.15) is 6.04 Å². The number of carbonyl (C=O) groups is 2. The van der Waals surface area contributed by atoms with Gasteiger partial charge in [0.2, 0.25) is 0 Å². The normalized spacial score (nSPS) is 24.4. The number of hydrogen-bond donors (Lipinski definition) is 2. The highest BCUT2D eigenvalue weighted by molar-refractivity contribution is 5.79. The lowest BCUT2D eigenvalue weighted by atomic mass is 10.2. The largest absolute Gasteiger partial charge is 0.480 e. The van der Waals surface area contributed by atoms with E-state index in [1.54, 1.807) is 11.9 Å². The van der Waals surface area contributed by atoms with Gasteiger partial charge in [0, 0.05) is 19.6 Å². The van der Waals surface area contributed by atoms with Crippen LogP contribution in [0, 0.1) is 0 Å². The Morgan fingerprint density at radius 1 is 1.31 bits per heavy atom. The zero-order chi connectivity index (χ0) is 10.0. The summed E-state index contributed by atoms with van der Waals surface area (Å²) in [5.41, 5.74) is 0. The van der Waals surface area contributed by atoms with Gasteiger partial charge in [-0.1, -0.05) is 0 Å². The number of nitrogens with zero attached hydrogens (tertiary/aromatic N) is 2. The molecule has 1 rings (SSSR count). The van der Waals surface area contributed by atoms with Crippen molar-refractivity contribution in [2.45, 2.75) is 6.04 Å². The number of aliphatic carboxylic acids is 1. The molecule has 0 radical (unpaired) electrons. The number of rotatable bonds is 1. The number of hydrogen-bond acceptors (Lipinski definition) is 3. The van der Waals surface area contributed by atoms with Gasteiger partial charge < -0.3 is 15.1 Å². The van der Waals surface area contributed by atoms with Crippen LogP contribution in [0.15, 0.2) is 0 Å². The van der Waals surface area contributed by atoms with Crippen molar-refractivity contribution in [2.24, 2.45) is 0 Å². The van der Waals surface area contributed by atoms with Gasteiger partial charge in [0.15, 0.2) is 0 Å². The van der Waals surface area contributed by atoms with Gasteiger partial charge in [-0.25, -0.2) is 9.59 Å². The first kappa shape index (κ1) is 9.79. The molecule has 1 aliphatic heterocycles. The lowest BCUT2D eigenvalue weighted by Gasteiger charge is -2.35. The molecule has 13 heavy (non-hydrogen) atoms. The smallest absolute Gasteiger partial charge is 0.408 e. The van der Waals surface area contributed by atoms with Crippen molar-refractivity contribution in [3.63, 3.8) is 0 Å². The fourth-order valence-electron chi connectivity index (χ4n) is 1.36. The highest BCUT2D eigenvalue weighted by Gasteiger charge is 2.33. The molecule has 0 unspecified atom stereocenters. The van der Waals surface area contributed by atoms with Crippen molar-refractivity contribution in [1.82, 2.24) is 9.80 Å². The molecule has 1 amide bonds. The number of piperazine rings is 1. The van der Waals surface area contributed by atoms with Crippen LogP contribution >= 0.6 is 0 Å². The average Bonchev–Trinajstić information content (AvgIpc) is 2.03. The zero-order valence-corrected chi connectivity index (χ0v) is 7.30. The molecule has 0 aromatic heterocycles. The van der Waals surface area contributed by atoms with Crippen molar-refractivity contribution < 1.29 is 19.8 Å². The number of amides is 1. The summed E-state index contributed by atoms with van der Waals surface area (Å²) >= 11 is 0. The van der Waals surface area contributed by atoms with Gasteiger partial charge in [-0.2, -0.15) is 0 Å². The molecule has 0 spiro atoms. The van der Waals surface area contributed by atoms with Crippen molar-refractivity contribution in [3.8, 4) is 0 Å². The minimum absolute atomic E-state index is 0.252. The Bertz CT molecular complexity index is 231. The average molecular weight is 188 g/mol. The summed E-state index contributed by atoms with van der Waals surface area (Å²) in [7, 11) is 1.77. The van der Waals surface area contributed by atoms with E-state index >= 15 is 0 Å². The molecule has 0 saturated carbocycles. The molecule has 1 aliphatic rings. The Morgan fingerprint density at radius 3 is 2.38 bits per heavy atom. The summed E-state index contributed by atoms with van der Waals surface area (Å²) in [6.45, 7) is 1.08. The molecular weight excluding hydrogens is 176 g/mol. The Kier molecular flexibility index (Phi) is 2.72. The third kappa shape index (κ3) is 2.09. The van der Waals surface area contributed by atoms with Crippen LogP contribution in [-0.4, -0.2) is 64.8 Å². The minimum Gasteiger partial charge on any atom is -0.480 e. The maximum Gasteiger partial charge on any atom is 0.408 e. The summed E-state index contributed by atoms with van der Waals surface area (Å²) in [5, 5.41) is 17.4. The molecule has 1 saturated heterocycles. The molecule has 2 N–H and O–H groups in total. The Balaban J connectivity index is 2.72. The van der Waals surface area contributed by atoms with Gasteiger partial charge in [-0.05, 0) is 7.05 Å². The number of carboxylic acids is 1. The molecule has 1 fully saturated rings. The maximum atomic E-state index is 10.7. The molecule has 1 heterocycles. The van der Waals surface area contributed by atoms with Gasteiger partial charge in [-0.15, -0.1) is 0 Å². The molecule has 1 atom stereocenters. The molecular formula is C7H12N2O4. The van der Waals surface area contributed by atoms with Crippen LogP contribution in [0.5, 0.6) is 0 Å². The van der Waals surface area contributed by atoms with Crippen LogP contribution in [0.2, 0.25) is 0 Å². The van der Waals surface area contributed by atoms with E-state index in [1.807, 2.05) is 0 Å². The van der Waals surface area contributed by atoms with Crippen molar-refractivity contribution in [2.75, 3.05) is 26.7 Å². The predicted octanol–water partition coefficient (Wildman–Crippen LogP) is -0.635. The quantitative estimate of drug-likeness (QED) is 0.572. The van der Waals surface area contributed by atoms with Crippen LogP contribution in [0.25, 0.3) is 0 Å². The number of likely N-dealkylation sites (N-methyl/N-ethyl adjacent to an activating group) is 1. The Labute approximate surface area is 75.4 Å². The van der Waals surface area contributed by atoms with Crippen molar-refractivity contribution in [1.29, 1.82) is 0 Å². The molecule has 6 heteroatoms. The summed E-state index contributed by atoms with van der Waals surface area (Å²) in [5.74, 6) is -1.09. The Morgan fingerprint density at radius 2 is 1.92 bits per heavy atom. The van der Waals surface area contributed by atoms with E-state index in [4.69, 9.17) is 10.2 Å². The van der Waals surface area contributed by atoms with Crippen LogP contribution in [0.1, 0.15) is 0 Å². The van der Waals surface area contributed by atoms with E-state index in [9.17, 15) is 9.59 Å². The highest BCUT2D eigenvalue weighted by atomic mass is 16.4. The zero-order valence-electron chi connectivity index (χ0n) is 7.30. The predicted molar refractivity (Wildman–Crippen MR) is 43.7 cm³/mol. The summed E-state index contributed by atoms with van der Waals surface area (Å²) in [6, 6.07) is -0.934. The fraction of sp³-hybridized carbons (Fsp3) is 0.714. The topological polar surface area (TPSA) is 81.1 Å². The number of carboxylic acid groups (broad SMARTS) is 2. The second-order valence-corrected chi connectivity index (χ2v) is 3.09. The fourth-order valence-corrected chi connectivity index (χ4v) is 1.36. The first-order valence-electron chi connectivity index (χ1n) is 3.93. The molecule has 0 bridgehead atoms. The van der Waals surface area contributed by atoms with Crippen LogP contribution < -0.4 is 0 Å². The molecule has 6 nitrogen and oxygen atoms in total. The summed E-state index contributed by atoms with van der Waals surface area (Å²) < 4.78 is 0. The molecule has 0 aromatic rings. The minimum atomic E-state index is -1.17. The van der Waals surface area contributed by atoms with Gasteiger partial charge >= 0.3 is 12.1 Å². The first-order valence-corrected chi connectivity index (χ1v) is 3.93. The van der Waals surface area contributed by atoms with E-state index < -0.39 is 18.1 Å². The van der Waals surface area contributed by atoms with Crippen molar-refractivity contribution >= 4 is 12.1 Å². The van der Waals surface area contributed by atoms with E-state index in [-0.39, 0.29) is 13.1 Å². The van der Waals surface area contributed by atoms with Crippen molar-refractivity contribution in [3.05, 3.63) is 0 Å². The molecule has 0 aliphatic carbocycles. The first-order chi connectivity index (χ1) is 6.02. The van der Waals surface area contributed by atoms with E-state index in [0.29, 0.717) is 6.54 Å². The lowest BCUT2D eigenvalue weighted by Crippen LogP contribution is -2.56. The van der Waals surface area contributed by atoms with Crippen LogP contribution in [0.3, 0.4) is 0 Å². The van der Waals surface area contributed by atoms with Gasteiger partial charge in [0.25, 0.3) is 0 Å².